The zero-order valence-electron chi connectivity index (χ0n) is 11.6. The molecule has 0 aromatic carbocycles. The highest BCUT2D eigenvalue weighted by atomic mass is 32.2. The first-order valence-electron chi connectivity index (χ1n) is 6.66. The number of aromatic nitrogens is 1. The number of nitrogens with one attached hydrogen (secondary N) is 2. The second-order valence-corrected chi connectivity index (χ2v) is 7.68. The molecule has 1 aromatic rings. The maximum atomic E-state index is 12.3. The van der Waals surface area contributed by atoms with E-state index in [2.05, 4.69) is 23.6 Å². The Hall–Kier alpha value is -1.34. The third kappa shape index (κ3) is 3.04. The summed E-state index contributed by atoms with van der Waals surface area (Å²) in [5.74, 6) is -1.18. The maximum Gasteiger partial charge on any atom is 0.352 e. The molecule has 2 rings (SSSR count). The smallest absolute Gasteiger partial charge is 0.352 e. The fourth-order valence-corrected chi connectivity index (χ4v) is 4.06. The molecule has 1 aliphatic carbocycles. The maximum absolute atomic E-state index is 12.3. The summed E-state index contributed by atoms with van der Waals surface area (Å²) in [5.41, 5.74) is -0.217. The van der Waals surface area contributed by atoms with Gasteiger partial charge in [-0.1, -0.05) is 26.7 Å². The zero-order chi connectivity index (χ0) is 15.0. The van der Waals surface area contributed by atoms with Gasteiger partial charge in [0.1, 0.15) is 10.6 Å². The molecule has 6 nitrogen and oxygen atoms in total. The number of sulfonamides is 1. The summed E-state index contributed by atoms with van der Waals surface area (Å²) >= 11 is 0. The molecule has 112 valence electrons. The van der Waals surface area contributed by atoms with Gasteiger partial charge in [0.25, 0.3) is 0 Å². The van der Waals surface area contributed by atoms with E-state index in [0.717, 1.165) is 31.7 Å². The van der Waals surface area contributed by atoms with Gasteiger partial charge in [0.05, 0.1) is 0 Å². The highest BCUT2D eigenvalue weighted by Crippen LogP contribution is 2.36. The van der Waals surface area contributed by atoms with Crippen LogP contribution in [0.5, 0.6) is 0 Å². The molecule has 1 heterocycles. The number of aromatic carboxylic acids is 1. The number of rotatable bonds is 4. The molecule has 0 amide bonds. The molecule has 0 saturated heterocycles. The van der Waals surface area contributed by atoms with E-state index in [1.807, 2.05) is 0 Å². The molecule has 0 radical (unpaired) electrons. The minimum Gasteiger partial charge on any atom is -0.477 e. The fourth-order valence-electron chi connectivity index (χ4n) is 2.62. The van der Waals surface area contributed by atoms with Gasteiger partial charge >= 0.3 is 5.97 Å². The largest absolute Gasteiger partial charge is 0.477 e. The molecule has 0 bridgehead atoms. The second kappa shape index (κ2) is 5.21. The van der Waals surface area contributed by atoms with E-state index in [-0.39, 0.29) is 22.0 Å². The number of hydrogen-bond acceptors (Lipinski definition) is 3. The van der Waals surface area contributed by atoms with Gasteiger partial charge in [-0.25, -0.2) is 17.9 Å². The summed E-state index contributed by atoms with van der Waals surface area (Å²) in [6.45, 7) is 4.11. The summed E-state index contributed by atoms with van der Waals surface area (Å²) in [6.07, 6.45) is 5.11. The van der Waals surface area contributed by atoms with Crippen molar-refractivity contribution in [3.05, 3.63) is 18.0 Å². The van der Waals surface area contributed by atoms with Gasteiger partial charge in [-0.2, -0.15) is 0 Å². The molecule has 1 saturated carbocycles. The monoisotopic (exact) mass is 300 g/mol. The van der Waals surface area contributed by atoms with Crippen LogP contribution in [0.3, 0.4) is 0 Å². The van der Waals surface area contributed by atoms with Gasteiger partial charge in [-0.05, 0) is 24.3 Å². The predicted octanol–water partition coefficient (Wildman–Crippen LogP) is 1.96. The first-order chi connectivity index (χ1) is 9.22. The van der Waals surface area contributed by atoms with Crippen molar-refractivity contribution < 1.29 is 18.3 Å². The van der Waals surface area contributed by atoms with Crippen molar-refractivity contribution in [3.8, 4) is 0 Å². The molecule has 1 aromatic heterocycles. The Morgan fingerprint density at radius 1 is 1.45 bits per heavy atom. The van der Waals surface area contributed by atoms with Crippen LogP contribution >= 0.6 is 0 Å². The van der Waals surface area contributed by atoms with Crippen LogP contribution in [-0.4, -0.2) is 30.5 Å². The molecular weight excluding hydrogens is 280 g/mol. The van der Waals surface area contributed by atoms with Crippen molar-refractivity contribution in [2.45, 2.75) is 50.5 Å². The lowest BCUT2D eigenvalue weighted by atomic mass is 9.74. The lowest BCUT2D eigenvalue weighted by molar-refractivity contribution is 0.0691. The number of carbonyl (C=O) groups is 1. The lowest BCUT2D eigenvalue weighted by Gasteiger charge is -2.38. The molecule has 20 heavy (non-hydrogen) atoms. The van der Waals surface area contributed by atoms with Crippen LogP contribution < -0.4 is 4.72 Å². The molecule has 0 spiro atoms. The number of hydrogen-bond donors (Lipinski definition) is 3. The van der Waals surface area contributed by atoms with E-state index in [1.54, 1.807) is 0 Å². The fraction of sp³-hybridized carbons (Fsp3) is 0.615. The molecule has 0 aliphatic heterocycles. The average molecular weight is 300 g/mol. The Morgan fingerprint density at radius 2 is 2.15 bits per heavy atom. The number of aromatic amines is 1. The van der Waals surface area contributed by atoms with Crippen LogP contribution in [0.25, 0.3) is 0 Å². The predicted molar refractivity (Wildman–Crippen MR) is 74.1 cm³/mol. The average Bonchev–Trinajstić information content (AvgIpc) is 2.82. The molecule has 1 fully saturated rings. The number of H-pyrrole nitrogens is 1. The summed E-state index contributed by atoms with van der Waals surface area (Å²) < 4.78 is 27.3. The normalized spacial score (nSPS) is 22.6. The van der Waals surface area contributed by atoms with Gasteiger partial charge in [-0.15, -0.1) is 0 Å². The van der Waals surface area contributed by atoms with E-state index >= 15 is 0 Å². The van der Waals surface area contributed by atoms with Crippen LogP contribution in [0.4, 0.5) is 0 Å². The van der Waals surface area contributed by atoms with E-state index in [1.165, 1.54) is 6.20 Å². The van der Waals surface area contributed by atoms with E-state index < -0.39 is 16.0 Å². The van der Waals surface area contributed by atoms with Gasteiger partial charge < -0.3 is 10.1 Å². The van der Waals surface area contributed by atoms with E-state index in [0.29, 0.717) is 0 Å². The third-order valence-corrected chi connectivity index (χ3v) is 5.45. The third-order valence-electron chi connectivity index (χ3n) is 4.00. The van der Waals surface area contributed by atoms with Crippen molar-refractivity contribution in [2.75, 3.05) is 0 Å². The SMILES string of the molecule is CC1(C)CCCCC1NS(=O)(=O)c1c[nH]c(C(=O)O)c1. The van der Waals surface area contributed by atoms with Crippen LogP contribution in [0.2, 0.25) is 0 Å². The molecule has 1 unspecified atom stereocenters. The Labute approximate surface area is 118 Å². The van der Waals surface area contributed by atoms with Crippen molar-refractivity contribution >= 4 is 16.0 Å². The van der Waals surface area contributed by atoms with Crippen molar-refractivity contribution in [1.29, 1.82) is 0 Å². The van der Waals surface area contributed by atoms with Crippen LogP contribution in [-0.2, 0) is 10.0 Å². The lowest BCUT2D eigenvalue weighted by Crippen LogP contribution is -2.46. The standard InChI is InChI=1S/C13H20N2O4S/c1-13(2)6-4-3-5-11(13)15-20(18,19)9-7-10(12(16)17)14-8-9/h7-8,11,14-15H,3-6H2,1-2H3,(H,16,17). The Morgan fingerprint density at radius 3 is 2.70 bits per heavy atom. The second-order valence-electron chi connectivity index (χ2n) is 5.96. The van der Waals surface area contributed by atoms with Crippen molar-refractivity contribution in [2.24, 2.45) is 5.41 Å². The van der Waals surface area contributed by atoms with Gasteiger partial charge in [0.2, 0.25) is 10.0 Å². The Balaban J connectivity index is 2.20. The minimum absolute atomic E-state index is 0.0312. The van der Waals surface area contributed by atoms with E-state index in [9.17, 15) is 13.2 Å². The summed E-state index contributed by atoms with van der Waals surface area (Å²) in [4.78, 5) is 13.2. The van der Waals surface area contributed by atoms with Crippen molar-refractivity contribution in [1.82, 2.24) is 9.71 Å². The molecule has 1 aliphatic rings. The number of carboxylic acid groups (broad SMARTS) is 1. The van der Waals surface area contributed by atoms with Crippen molar-refractivity contribution in [3.63, 3.8) is 0 Å². The molecule has 3 N–H and O–H groups in total. The van der Waals surface area contributed by atoms with Crippen LogP contribution in [0, 0.1) is 5.41 Å². The topological polar surface area (TPSA) is 99.3 Å². The van der Waals surface area contributed by atoms with Gasteiger partial charge in [0, 0.05) is 12.2 Å². The highest BCUT2D eigenvalue weighted by Gasteiger charge is 2.35. The van der Waals surface area contributed by atoms with E-state index in [4.69, 9.17) is 5.11 Å². The molecule has 1 atom stereocenters. The number of carboxylic acids is 1. The first-order valence-corrected chi connectivity index (χ1v) is 8.15. The first kappa shape index (κ1) is 15.1. The van der Waals surface area contributed by atoms with Gasteiger partial charge in [0.15, 0.2) is 0 Å². The molecule has 7 heteroatoms. The highest BCUT2D eigenvalue weighted by molar-refractivity contribution is 7.89. The summed E-state index contributed by atoms with van der Waals surface area (Å²) in [5, 5.41) is 8.82. The quantitative estimate of drug-likeness (QED) is 0.791. The van der Waals surface area contributed by atoms with Crippen LogP contribution in [0.15, 0.2) is 17.2 Å². The Kier molecular flexibility index (Phi) is 3.93. The minimum atomic E-state index is -3.69. The Bertz CT molecular complexity index is 604. The molecular formula is C13H20N2O4S. The zero-order valence-corrected chi connectivity index (χ0v) is 12.5. The van der Waals surface area contributed by atoms with Crippen LogP contribution in [0.1, 0.15) is 50.0 Å². The summed E-state index contributed by atoms with van der Waals surface area (Å²) in [7, 11) is -3.69. The van der Waals surface area contributed by atoms with Gasteiger partial charge in [-0.3, -0.25) is 0 Å². The summed E-state index contributed by atoms with van der Waals surface area (Å²) in [6, 6.07) is 1.02.